The fourth-order valence-electron chi connectivity index (χ4n) is 1.04. The van der Waals surface area contributed by atoms with Crippen LogP contribution in [0.25, 0.3) is 0 Å². The highest BCUT2D eigenvalue weighted by Crippen LogP contribution is 2.22. The van der Waals surface area contributed by atoms with Gasteiger partial charge in [-0.25, -0.2) is 0 Å². The van der Waals surface area contributed by atoms with Gasteiger partial charge in [0, 0.05) is 23.1 Å². The van der Waals surface area contributed by atoms with Crippen molar-refractivity contribution in [1.29, 1.82) is 0 Å². The zero-order chi connectivity index (χ0) is 9.84. The Morgan fingerprint density at radius 2 is 2.00 bits per heavy atom. The number of nitro benzene ring substituents is 1. The summed E-state index contributed by atoms with van der Waals surface area (Å²) in [6, 6.07) is 4.97. The third-order valence-corrected chi connectivity index (χ3v) is 2.40. The molecule has 0 aliphatic heterocycles. The SMILES string of the molecule is O=[N+]([O-])c1ccc(CS)cc1CS. The first-order valence-corrected chi connectivity index (χ1v) is 4.93. The molecule has 1 aromatic carbocycles. The van der Waals surface area contributed by atoms with Gasteiger partial charge in [-0.1, -0.05) is 6.07 Å². The lowest BCUT2D eigenvalue weighted by Crippen LogP contribution is -1.94. The van der Waals surface area contributed by atoms with Crippen molar-refractivity contribution in [3.63, 3.8) is 0 Å². The largest absolute Gasteiger partial charge is 0.273 e. The second kappa shape index (κ2) is 4.53. The molecular formula is C8H9NO2S2. The number of nitrogens with zero attached hydrogens (tertiary/aromatic N) is 1. The fraction of sp³-hybridized carbons (Fsp3) is 0.250. The summed E-state index contributed by atoms with van der Waals surface area (Å²) in [4.78, 5) is 10.1. The van der Waals surface area contributed by atoms with Crippen LogP contribution in [0.15, 0.2) is 18.2 Å². The van der Waals surface area contributed by atoms with Gasteiger partial charge in [-0.3, -0.25) is 10.1 Å². The quantitative estimate of drug-likeness (QED) is 0.462. The second-order valence-corrected chi connectivity index (χ2v) is 3.17. The van der Waals surface area contributed by atoms with Crippen LogP contribution in [0, 0.1) is 10.1 Å². The van der Waals surface area contributed by atoms with E-state index >= 15 is 0 Å². The van der Waals surface area contributed by atoms with Crippen LogP contribution in [0.1, 0.15) is 11.1 Å². The molecule has 0 amide bonds. The Bertz CT molecular complexity index is 328. The molecule has 5 heteroatoms. The minimum atomic E-state index is -0.395. The molecule has 70 valence electrons. The molecular weight excluding hydrogens is 206 g/mol. The van der Waals surface area contributed by atoms with Crippen LogP contribution in [-0.4, -0.2) is 4.92 Å². The Morgan fingerprint density at radius 3 is 2.46 bits per heavy atom. The third-order valence-electron chi connectivity index (χ3n) is 1.69. The Kier molecular flexibility index (Phi) is 3.62. The van der Waals surface area contributed by atoms with Crippen LogP contribution >= 0.6 is 25.3 Å². The summed E-state index contributed by atoms with van der Waals surface area (Å²) in [6.07, 6.45) is 0. The topological polar surface area (TPSA) is 43.1 Å². The highest BCUT2D eigenvalue weighted by molar-refractivity contribution is 7.79. The Morgan fingerprint density at radius 1 is 1.31 bits per heavy atom. The van der Waals surface area contributed by atoms with E-state index in [1.807, 2.05) is 0 Å². The monoisotopic (exact) mass is 215 g/mol. The van der Waals surface area contributed by atoms with Crippen LogP contribution < -0.4 is 0 Å². The Labute approximate surface area is 87.1 Å². The fourth-order valence-corrected chi connectivity index (χ4v) is 1.49. The molecule has 0 fully saturated rings. The van der Waals surface area contributed by atoms with Crippen LogP contribution in [0.4, 0.5) is 5.69 Å². The molecule has 0 aliphatic carbocycles. The standard InChI is InChI=1S/C8H9NO2S2/c10-9(11)8-2-1-6(4-12)3-7(8)5-13/h1-3,12-13H,4-5H2. The van der Waals surface area contributed by atoms with E-state index in [1.165, 1.54) is 6.07 Å². The summed E-state index contributed by atoms with van der Waals surface area (Å²) in [5, 5.41) is 10.5. The maximum atomic E-state index is 10.5. The van der Waals surface area contributed by atoms with Crippen molar-refractivity contribution in [2.75, 3.05) is 0 Å². The van der Waals surface area contributed by atoms with E-state index in [9.17, 15) is 10.1 Å². The van der Waals surface area contributed by atoms with E-state index < -0.39 is 4.92 Å². The molecule has 3 nitrogen and oxygen atoms in total. The van der Waals surface area contributed by atoms with Crippen LogP contribution in [-0.2, 0) is 11.5 Å². The second-order valence-electron chi connectivity index (χ2n) is 2.54. The minimum Gasteiger partial charge on any atom is -0.258 e. The minimum absolute atomic E-state index is 0.125. The first kappa shape index (κ1) is 10.4. The highest BCUT2D eigenvalue weighted by atomic mass is 32.1. The van der Waals surface area contributed by atoms with E-state index in [-0.39, 0.29) is 5.69 Å². The molecule has 1 rings (SSSR count). The van der Waals surface area contributed by atoms with Crippen molar-refractivity contribution >= 4 is 30.9 Å². The maximum absolute atomic E-state index is 10.5. The normalized spacial score (nSPS) is 10.0. The molecule has 0 aromatic heterocycles. The van der Waals surface area contributed by atoms with Crippen molar-refractivity contribution in [1.82, 2.24) is 0 Å². The van der Waals surface area contributed by atoms with Gasteiger partial charge in [0.1, 0.15) is 0 Å². The van der Waals surface area contributed by atoms with E-state index in [4.69, 9.17) is 0 Å². The van der Waals surface area contributed by atoms with E-state index in [1.54, 1.807) is 12.1 Å². The molecule has 0 aliphatic rings. The first-order valence-electron chi connectivity index (χ1n) is 3.67. The molecule has 0 atom stereocenters. The van der Waals surface area contributed by atoms with Gasteiger partial charge in [0.15, 0.2) is 0 Å². The summed E-state index contributed by atoms with van der Waals surface area (Å²) in [7, 11) is 0. The predicted octanol–water partition coefficient (Wildman–Crippen LogP) is 2.45. The molecule has 1 aromatic rings. The number of thiol groups is 2. The zero-order valence-electron chi connectivity index (χ0n) is 6.80. The lowest BCUT2D eigenvalue weighted by Gasteiger charge is -2.01. The summed E-state index contributed by atoms with van der Waals surface area (Å²) in [6.45, 7) is 0. The van der Waals surface area contributed by atoms with E-state index in [0.29, 0.717) is 17.1 Å². The van der Waals surface area contributed by atoms with Gasteiger partial charge in [0.2, 0.25) is 0 Å². The molecule has 0 saturated carbocycles. The molecule has 0 unspecified atom stereocenters. The molecule has 13 heavy (non-hydrogen) atoms. The van der Waals surface area contributed by atoms with Gasteiger partial charge in [-0.05, 0) is 11.6 Å². The highest BCUT2D eigenvalue weighted by Gasteiger charge is 2.11. The number of rotatable bonds is 3. The predicted molar refractivity (Wildman–Crippen MR) is 58.5 cm³/mol. The molecule has 0 saturated heterocycles. The van der Waals surface area contributed by atoms with Crippen molar-refractivity contribution in [2.24, 2.45) is 0 Å². The average molecular weight is 215 g/mol. The Balaban J connectivity index is 3.15. The molecule has 0 heterocycles. The van der Waals surface area contributed by atoms with Crippen LogP contribution in [0.5, 0.6) is 0 Å². The van der Waals surface area contributed by atoms with Crippen molar-refractivity contribution in [2.45, 2.75) is 11.5 Å². The van der Waals surface area contributed by atoms with Crippen LogP contribution in [0.2, 0.25) is 0 Å². The Hall–Kier alpha value is -0.680. The summed E-state index contributed by atoms with van der Waals surface area (Å²) in [5.74, 6) is 0.955. The van der Waals surface area contributed by atoms with Gasteiger partial charge in [0.25, 0.3) is 5.69 Å². The molecule has 0 spiro atoms. The number of nitro groups is 1. The third kappa shape index (κ3) is 2.38. The van der Waals surface area contributed by atoms with E-state index in [0.717, 1.165) is 5.56 Å². The zero-order valence-corrected chi connectivity index (χ0v) is 8.59. The molecule has 0 radical (unpaired) electrons. The van der Waals surface area contributed by atoms with Crippen molar-refractivity contribution in [3.05, 3.63) is 39.4 Å². The molecule has 0 bridgehead atoms. The van der Waals surface area contributed by atoms with Crippen molar-refractivity contribution in [3.8, 4) is 0 Å². The first-order chi connectivity index (χ1) is 6.19. The lowest BCUT2D eigenvalue weighted by atomic mass is 10.1. The smallest absolute Gasteiger partial charge is 0.258 e. The number of benzene rings is 1. The van der Waals surface area contributed by atoms with E-state index in [2.05, 4.69) is 25.3 Å². The van der Waals surface area contributed by atoms with Gasteiger partial charge in [0.05, 0.1) is 4.92 Å². The van der Waals surface area contributed by atoms with Gasteiger partial charge < -0.3 is 0 Å². The number of hydrogen-bond acceptors (Lipinski definition) is 4. The molecule has 0 N–H and O–H groups in total. The van der Waals surface area contributed by atoms with Gasteiger partial charge in [-0.15, -0.1) is 0 Å². The lowest BCUT2D eigenvalue weighted by molar-refractivity contribution is -0.385. The summed E-state index contributed by atoms with van der Waals surface area (Å²) >= 11 is 8.12. The van der Waals surface area contributed by atoms with Crippen molar-refractivity contribution < 1.29 is 4.92 Å². The maximum Gasteiger partial charge on any atom is 0.273 e. The summed E-state index contributed by atoms with van der Waals surface area (Å²) < 4.78 is 0. The van der Waals surface area contributed by atoms with Crippen LogP contribution in [0.3, 0.4) is 0 Å². The summed E-state index contributed by atoms with van der Waals surface area (Å²) in [5.41, 5.74) is 1.73. The van der Waals surface area contributed by atoms with Gasteiger partial charge >= 0.3 is 0 Å². The average Bonchev–Trinajstić information content (AvgIpc) is 2.16. The van der Waals surface area contributed by atoms with Gasteiger partial charge in [-0.2, -0.15) is 25.3 Å². The number of hydrogen-bond donors (Lipinski definition) is 2.